The van der Waals surface area contributed by atoms with Gasteiger partial charge in [0.25, 0.3) is 0 Å². The van der Waals surface area contributed by atoms with Crippen molar-refractivity contribution < 1.29 is 0 Å². The standard InChI is InChI=1S/C51H44N2/c1-51(2)44-31-33(16-24-41(44)42-27-23-39(32-45(42)51)52-29-7-11-35-9-3-5-13-46(35)52)15-17-34-18-19-37-21-26-43-48(28-22-38-20-25-40(34)49(37)50(38)43)53-30-8-12-36-10-4-6-14-47(36)53/h4-6,10,13-28,31-32H,3,7-9,11-12,29-30H2,1-2H3. The molecule has 7 aromatic rings. The molecule has 2 aliphatic carbocycles. The second-order valence-corrected chi connectivity index (χ2v) is 16.2. The van der Waals surface area contributed by atoms with Gasteiger partial charge in [-0.1, -0.05) is 117 Å². The van der Waals surface area contributed by atoms with Crippen molar-refractivity contribution in [3.05, 3.63) is 160 Å². The number of para-hydroxylation sites is 1. The Labute approximate surface area is 312 Å². The van der Waals surface area contributed by atoms with Gasteiger partial charge in [-0.25, -0.2) is 0 Å². The Bertz CT molecular complexity index is 2720. The predicted octanol–water partition coefficient (Wildman–Crippen LogP) is 13.3. The molecule has 0 spiro atoms. The number of hydrogen-bond donors (Lipinski definition) is 0. The number of allylic oxidation sites excluding steroid dienone is 3. The average Bonchev–Trinajstić information content (AvgIpc) is 3.43. The Morgan fingerprint density at radius 2 is 1.34 bits per heavy atom. The van der Waals surface area contributed by atoms with Crippen molar-refractivity contribution in [2.24, 2.45) is 0 Å². The number of rotatable bonds is 4. The summed E-state index contributed by atoms with van der Waals surface area (Å²) in [5.74, 6) is 0. The van der Waals surface area contributed by atoms with Gasteiger partial charge >= 0.3 is 0 Å². The minimum Gasteiger partial charge on any atom is -0.342 e. The van der Waals surface area contributed by atoms with Gasteiger partial charge in [-0.15, -0.1) is 0 Å². The van der Waals surface area contributed by atoms with Gasteiger partial charge in [-0.2, -0.15) is 0 Å². The maximum Gasteiger partial charge on any atom is 0.0491 e. The minimum absolute atomic E-state index is 0.0699. The van der Waals surface area contributed by atoms with Gasteiger partial charge in [0.15, 0.2) is 0 Å². The third kappa shape index (κ3) is 4.71. The van der Waals surface area contributed by atoms with Crippen LogP contribution in [-0.4, -0.2) is 13.1 Å². The molecule has 4 aliphatic rings. The molecule has 11 rings (SSSR count). The summed E-state index contributed by atoms with van der Waals surface area (Å²) in [5.41, 5.74) is 16.6. The van der Waals surface area contributed by atoms with E-state index >= 15 is 0 Å². The van der Waals surface area contributed by atoms with Crippen molar-refractivity contribution in [2.75, 3.05) is 22.9 Å². The van der Waals surface area contributed by atoms with Gasteiger partial charge in [0.2, 0.25) is 0 Å². The maximum absolute atomic E-state index is 2.58. The highest BCUT2D eigenvalue weighted by Gasteiger charge is 2.36. The first-order valence-corrected chi connectivity index (χ1v) is 19.7. The van der Waals surface area contributed by atoms with Crippen LogP contribution in [-0.2, 0) is 11.8 Å². The second-order valence-electron chi connectivity index (χ2n) is 16.2. The van der Waals surface area contributed by atoms with Crippen molar-refractivity contribution in [2.45, 2.75) is 57.8 Å². The van der Waals surface area contributed by atoms with E-state index in [9.17, 15) is 0 Å². The van der Waals surface area contributed by atoms with Crippen LogP contribution in [0.5, 0.6) is 0 Å². The van der Waals surface area contributed by atoms with Gasteiger partial charge in [0.05, 0.1) is 0 Å². The molecule has 0 atom stereocenters. The molecule has 0 fully saturated rings. The molecule has 2 heterocycles. The van der Waals surface area contributed by atoms with Crippen LogP contribution in [0.2, 0.25) is 0 Å². The lowest BCUT2D eigenvalue weighted by Crippen LogP contribution is -2.29. The number of hydrogen-bond acceptors (Lipinski definition) is 2. The highest BCUT2D eigenvalue weighted by Crippen LogP contribution is 2.51. The lowest BCUT2D eigenvalue weighted by molar-refractivity contribution is 0.657. The van der Waals surface area contributed by atoms with Crippen molar-refractivity contribution in [3.63, 3.8) is 0 Å². The zero-order valence-corrected chi connectivity index (χ0v) is 30.8. The van der Waals surface area contributed by atoms with E-state index in [-0.39, 0.29) is 5.41 Å². The van der Waals surface area contributed by atoms with Crippen molar-refractivity contribution >= 4 is 61.5 Å². The first-order valence-electron chi connectivity index (χ1n) is 19.7. The molecule has 2 heteroatoms. The largest absolute Gasteiger partial charge is 0.342 e. The van der Waals surface area contributed by atoms with Crippen LogP contribution in [0.3, 0.4) is 0 Å². The molecular formula is C51H44N2. The molecule has 0 aromatic heterocycles. The summed E-state index contributed by atoms with van der Waals surface area (Å²) >= 11 is 0. The topological polar surface area (TPSA) is 6.48 Å². The Hall–Kier alpha value is -5.60. The van der Waals surface area contributed by atoms with E-state index in [1.165, 1.54) is 126 Å². The van der Waals surface area contributed by atoms with Gasteiger partial charge in [0.1, 0.15) is 0 Å². The van der Waals surface area contributed by atoms with Crippen LogP contribution < -0.4 is 9.80 Å². The molecule has 0 saturated carbocycles. The van der Waals surface area contributed by atoms with Crippen LogP contribution in [0.1, 0.15) is 73.8 Å². The summed E-state index contributed by atoms with van der Waals surface area (Å²) in [6.07, 6.45) is 16.6. The third-order valence-corrected chi connectivity index (χ3v) is 12.9. The lowest BCUT2D eigenvalue weighted by atomic mass is 9.81. The summed E-state index contributed by atoms with van der Waals surface area (Å²) in [7, 11) is 0. The smallest absolute Gasteiger partial charge is 0.0491 e. The van der Waals surface area contributed by atoms with Crippen molar-refractivity contribution in [1.82, 2.24) is 0 Å². The summed E-state index contributed by atoms with van der Waals surface area (Å²) in [6.45, 7) is 6.97. The summed E-state index contributed by atoms with van der Waals surface area (Å²) in [4.78, 5) is 5.13. The second kappa shape index (κ2) is 11.7. The van der Waals surface area contributed by atoms with Gasteiger partial charge in [0, 0.05) is 46.6 Å². The molecule has 0 N–H and O–H groups in total. The molecule has 0 saturated heterocycles. The first-order chi connectivity index (χ1) is 26.0. The lowest BCUT2D eigenvalue weighted by Gasteiger charge is -2.35. The SMILES string of the molecule is CC1(C)c2cc(C=Cc3ccc4ccc5c(N6CCCc7ccccc76)ccc6ccc3c4c65)ccc2-c2ccc(N3CCCC4=C3C=CCC4)cc21. The third-order valence-electron chi connectivity index (χ3n) is 12.9. The van der Waals surface area contributed by atoms with Gasteiger partial charge in [-0.05, 0) is 140 Å². The molecule has 0 unspecified atom stereocenters. The molecule has 53 heavy (non-hydrogen) atoms. The fraction of sp³-hybridized carbons (Fsp3) is 0.216. The highest BCUT2D eigenvalue weighted by molar-refractivity contribution is 6.26. The summed E-state index contributed by atoms with van der Waals surface area (Å²) < 4.78 is 0. The zero-order chi connectivity index (χ0) is 35.3. The number of aryl methyl sites for hydroxylation is 1. The number of nitrogens with zero attached hydrogens (tertiary/aromatic N) is 2. The van der Waals surface area contributed by atoms with E-state index in [1.807, 2.05) is 0 Å². The Balaban J connectivity index is 0.952. The molecule has 2 aliphatic heterocycles. The minimum atomic E-state index is -0.0699. The molecule has 0 bridgehead atoms. The molecule has 258 valence electrons. The molecule has 2 nitrogen and oxygen atoms in total. The Morgan fingerprint density at radius 3 is 2.25 bits per heavy atom. The molecule has 7 aromatic carbocycles. The quantitative estimate of drug-likeness (QED) is 0.134. The van der Waals surface area contributed by atoms with E-state index < -0.39 is 0 Å². The maximum atomic E-state index is 2.58. The first kappa shape index (κ1) is 31.0. The average molecular weight is 685 g/mol. The van der Waals surface area contributed by atoms with E-state index in [2.05, 4.69) is 157 Å². The molecule has 0 amide bonds. The van der Waals surface area contributed by atoms with Crippen LogP contribution >= 0.6 is 0 Å². The van der Waals surface area contributed by atoms with E-state index in [1.54, 1.807) is 5.57 Å². The monoisotopic (exact) mass is 684 g/mol. The summed E-state index contributed by atoms with van der Waals surface area (Å²) in [6, 6.07) is 41.9. The predicted molar refractivity (Wildman–Crippen MR) is 227 cm³/mol. The number of fused-ring (bicyclic) bond motifs is 4. The Morgan fingerprint density at radius 1 is 0.604 bits per heavy atom. The fourth-order valence-corrected chi connectivity index (χ4v) is 10.2. The highest BCUT2D eigenvalue weighted by atomic mass is 15.2. The molecule has 0 radical (unpaired) electrons. The van der Waals surface area contributed by atoms with Crippen LogP contribution in [0.25, 0.3) is 55.6 Å². The van der Waals surface area contributed by atoms with E-state index in [0.29, 0.717) is 0 Å². The van der Waals surface area contributed by atoms with Crippen LogP contribution in [0.4, 0.5) is 17.1 Å². The fourth-order valence-electron chi connectivity index (χ4n) is 10.2. The zero-order valence-electron chi connectivity index (χ0n) is 30.8. The van der Waals surface area contributed by atoms with Crippen LogP contribution in [0.15, 0.2) is 133 Å². The summed E-state index contributed by atoms with van der Waals surface area (Å²) in [5, 5.41) is 8.02. The van der Waals surface area contributed by atoms with Gasteiger partial charge in [-0.3, -0.25) is 0 Å². The normalized spacial score (nSPS) is 17.6. The van der Waals surface area contributed by atoms with E-state index in [4.69, 9.17) is 0 Å². The number of anilines is 3. The van der Waals surface area contributed by atoms with Crippen molar-refractivity contribution in [1.29, 1.82) is 0 Å². The van der Waals surface area contributed by atoms with Gasteiger partial charge < -0.3 is 9.80 Å². The van der Waals surface area contributed by atoms with Crippen molar-refractivity contribution in [3.8, 4) is 11.1 Å². The van der Waals surface area contributed by atoms with E-state index in [0.717, 1.165) is 19.5 Å². The van der Waals surface area contributed by atoms with Crippen LogP contribution in [0, 0.1) is 0 Å². The number of benzene rings is 7. The molecular weight excluding hydrogens is 641 g/mol. The Kier molecular flexibility index (Phi) is 6.84.